The van der Waals surface area contributed by atoms with E-state index < -0.39 is 0 Å². The van der Waals surface area contributed by atoms with Gasteiger partial charge in [-0.15, -0.1) is 0 Å². The van der Waals surface area contributed by atoms with Crippen molar-refractivity contribution in [3.8, 4) is 0 Å². The Bertz CT molecular complexity index is 459. The summed E-state index contributed by atoms with van der Waals surface area (Å²) >= 11 is 0. The Balaban J connectivity index is 1.89. The highest BCUT2D eigenvalue weighted by Crippen LogP contribution is 2.23. The molecule has 2 amide bonds. The van der Waals surface area contributed by atoms with Crippen LogP contribution in [0.3, 0.4) is 0 Å². The zero-order valence-corrected chi connectivity index (χ0v) is 13.0. The second-order valence-electron chi connectivity index (χ2n) is 5.80. The van der Waals surface area contributed by atoms with E-state index in [1.807, 2.05) is 24.3 Å². The number of benzene rings is 1. The lowest BCUT2D eigenvalue weighted by Crippen LogP contribution is -2.36. The minimum atomic E-state index is -0.208. The molecule has 2 atom stereocenters. The van der Waals surface area contributed by atoms with Gasteiger partial charge in [0, 0.05) is 31.1 Å². The summed E-state index contributed by atoms with van der Waals surface area (Å²) in [5, 5.41) is 8.83. The predicted octanol–water partition coefficient (Wildman–Crippen LogP) is 3.05. The molecular weight excluding hydrogens is 266 g/mol. The predicted molar refractivity (Wildman–Crippen MR) is 85.7 cm³/mol. The molecule has 0 aliphatic carbocycles. The van der Waals surface area contributed by atoms with Crippen molar-refractivity contribution in [3.63, 3.8) is 0 Å². The van der Waals surface area contributed by atoms with Gasteiger partial charge in [0.15, 0.2) is 0 Å². The summed E-state index contributed by atoms with van der Waals surface area (Å²) in [4.78, 5) is 11.2. The van der Waals surface area contributed by atoms with Crippen molar-refractivity contribution in [2.45, 2.75) is 38.8 Å². The lowest BCUT2D eigenvalue weighted by atomic mass is 9.95. The van der Waals surface area contributed by atoms with E-state index in [2.05, 4.69) is 29.8 Å². The maximum absolute atomic E-state index is 11.2. The van der Waals surface area contributed by atoms with E-state index >= 15 is 0 Å². The number of urea groups is 1. The summed E-state index contributed by atoms with van der Waals surface area (Å²) in [6.45, 7) is 5.22. The van der Waals surface area contributed by atoms with Crippen LogP contribution in [-0.4, -0.2) is 31.8 Å². The second-order valence-corrected chi connectivity index (χ2v) is 5.80. The molecule has 1 fully saturated rings. The minimum Gasteiger partial charge on any atom is -0.382 e. The Morgan fingerprint density at radius 2 is 1.90 bits per heavy atom. The van der Waals surface area contributed by atoms with Crippen LogP contribution >= 0.6 is 0 Å². The molecule has 5 heteroatoms. The highest BCUT2D eigenvalue weighted by molar-refractivity contribution is 5.89. The number of hydrogen-bond donors (Lipinski definition) is 3. The third kappa shape index (κ3) is 4.63. The SMILES string of the molecule is CNC(=O)Nc1ccc(NC2CCOC(C(C)C)C2)cc1. The Morgan fingerprint density at radius 1 is 1.24 bits per heavy atom. The lowest BCUT2D eigenvalue weighted by Gasteiger charge is -2.33. The first-order valence-corrected chi connectivity index (χ1v) is 7.55. The van der Waals surface area contributed by atoms with Gasteiger partial charge in [0.05, 0.1) is 6.10 Å². The Labute approximate surface area is 126 Å². The quantitative estimate of drug-likeness (QED) is 0.799. The van der Waals surface area contributed by atoms with Crippen molar-refractivity contribution in [2.75, 3.05) is 24.3 Å². The van der Waals surface area contributed by atoms with E-state index in [0.29, 0.717) is 18.1 Å². The molecular formula is C16H25N3O2. The first-order chi connectivity index (χ1) is 10.1. The zero-order chi connectivity index (χ0) is 15.2. The molecule has 0 saturated carbocycles. The molecule has 2 unspecified atom stereocenters. The number of anilines is 2. The summed E-state index contributed by atoms with van der Waals surface area (Å²) in [5.74, 6) is 0.550. The van der Waals surface area contributed by atoms with Crippen LogP contribution in [0.2, 0.25) is 0 Å². The topological polar surface area (TPSA) is 62.4 Å². The highest BCUT2D eigenvalue weighted by Gasteiger charge is 2.24. The van der Waals surface area contributed by atoms with Crippen LogP contribution in [0.5, 0.6) is 0 Å². The van der Waals surface area contributed by atoms with Crippen LogP contribution in [0, 0.1) is 5.92 Å². The summed E-state index contributed by atoms with van der Waals surface area (Å²) in [5.41, 5.74) is 1.86. The normalized spacial score (nSPS) is 21.9. The van der Waals surface area contributed by atoms with Gasteiger partial charge in [-0.05, 0) is 43.0 Å². The van der Waals surface area contributed by atoms with E-state index in [9.17, 15) is 4.79 Å². The molecule has 21 heavy (non-hydrogen) atoms. The van der Waals surface area contributed by atoms with Gasteiger partial charge in [-0.2, -0.15) is 0 Å². The Hall–Kier alpha value is -1.75. The van der Waals surface area contributed by atoms with E-state index in [0.717, 1.165) is 30.8 Å². The lowest BCUT2D eigenvalue weighted by molar-refractivity contribution is -0.0160. The average molecular weight is 291 g/mol. The van der Waals surface area contributed by atoms with Gasteiger partial charge in [-0.25, -0.2) is 4.79 Å². The number of amides is 2. The van der Waals surface area contributed by atoms with Crippen LogP contribution < -0.4 is 16.0 Å². The molecule has 116 valence electrons. The molecule has 1 aromatic carbocycles. The molecule has 0 bridgehead atoms. The Morgan fingerprint density at radius 3 is 2.52 bits per heavy atom. The van der Waals surface area contributed by atoms with E-state index in [-0.39, 0.29) is 6.03 Å². The van der Waals surface area contributed by atoms with Crippen molar-refractivity contribution >= 4 is 17.4 Å². The standard InChI is InChI=1S/C16H25N3O2/c1-11(2)15-10-14(8-9-21-15)18-12-4-6-13(7-5-12)19-16(20)17-3/h4-7,11,14-15,18H,8-10H2,1-3H3,(H2,17,19,20). The van der Waals surface area contributed by atoms with Crippen LogP contribution in [-0.2, 0) is 4.74 Å². The van der Waals surface area contributed by atoms with Gasteiger partial charge in [-0.1, -0.05) is 13.8 Å². The van der Waals surface area contributed by atoms with Gasteiger partial charge in [0.1, 0.15) is 0 Å². The van der Waals surface area contributed by atoms with Crippen molar-refractivity contribution in [2.24, 2.45) is 5.92 Å². The first kappa shape index (κ1) is 15.6. The summed E-state index contributed by atoms with van der Waals surface area (Å²) in [6, 6.07) is 8.02. The van der Waals surface area contributed by atoms with E-state index in [4.69, 9.17) is 4.74 Å². The number of ether oxygens (including phenoxy) is 1. The third-order valence-electron chi connectivity index (χ3n) is 3.80. The second kappa shape index (κ2) is 7.31. The van der Waals surface area contributed by atoms with Crippen LogP contribution in [0.25, 0.3) is 0 Å². The smallest absolute Gasteiger partial charge is 0.318 e. The van der Waals surface area contributed by atoms with E-state index in [1.54, 1.807) is 7.05 Å². The molecule has 0 radical (unpaired) electrons. The summed E-state index contributed by atoms with van der Waals surface area (Å²) in [6.07, 6.45) is 2.41. The van der Waals surface area contributed by atoms with E-state index in [1.165, 1.54) is 0 Å². The van der Waals surface area contributed by atoms with Gasteiger partial charge in [0.25, 0.3) is 0 Å². The van der Waals surface area contributed by atoms with Gasteiger partial charge in [-0.3, -0.25) is 0 Å². The summed E-state index contributed by atoms with van der Waals surface area (Å²) in [7, 11) is 1.60. The molecule has 2 rings (SSSR count). The molecule has 3 N–H and O–H groups in total. The van der Waals surface area contributed by atoms with Crippen molar-refractivity contribution in [1.82, 2.24) is 5.32 Å². The molecule has 1 saturated heterocycles. The maximum atomic E-state index is 11.2. The monoisotopic (exact) mass is 291 g/mol. The summed E-state index contributed by atoms with van der Waals surface area (Å²) < 4.78 is 5.79. The fourth-order valence-corrected chi connectivity index (χ4v) is 2.50. The molecule has 0 aromatic heterocycles. The maximum Gasteiger partial charge on any atom is 0.318 e. The minimum absolute atomic E-state index is 0.208. The van der Waals surface area contributed by atoms with Crippen LogP contribution in [0.1, 0.15) is 26.7 Å². The van der Waals surface area contributed by atoms with Crippen molar-refractivity contribution in [3.05, 3.63) is 24.3 Å². The Kier molecular flexibility index (Phi) is 5.44. The van der Waals surface area contributed by atoms with Gasteiger partial charge < -0.3 is 20.7 Å². The molecule has 1 aromatic rings. The number of hydrogen-bond acceptors (Lipinski definition) is 3. The highest BCUT2D eigenvalue weighted by atomic mass is 16.5. The number of carbonyl (C=O) groups is 1. The molecule has 1 heterocycles. The zero-order valence-electron chi connectivity index (χ0n) is 13.0. The molecule has 1 aliphatic heterocycles. The van der Waals surface area contributed by atoms with Crippen molar-refractivity contribution in [1.29, 1.82) is 0 Å². The number of rotatable bonds is 4. The average Bonchev–Trinajstić information content (AvgIpc) is 2.49. The fraction of sp³-hybridized carbons (Fsp3) is 0.562. The van der Waals surface area contributed by atoms with Gasteiger partial charge in [0.2, 0.25) is 0 Å². The largest absolute Gasteiger partial charge is 0.382 e. The molecule has 5 nitrogen and oxygen atoms in total. The number of carbonyl (C=O) groups excluding carboxylic acids is 1. The van der Waals surface area contributed by atoms with Crippen molar-refractivity contribution < 1.29 is 9.53 Å². The molecule has 1 aliphatic rings. The van der Waals surface area contributed by atoms with Crippen LogP contribution in [0.15, 0.2) is 24.3 Å². The first-order valence-electron chi connectivity index (χ1n) is 7.55. The third-order valence-corrected chi connectivity index (χ3v) is 3.80. The van der Waals surface area contributed by atoms with Gasteiger partial charge >= 0.3 is 6.03 Å². The fourth-order valence-electron chi connectivity index (χ4n) is 2.50. The number of nitrogens with one attached hydrogen (secondary N) is 3. The van der Waals surface area contributed by atoms with Crippen LogP contribution in [0.4, 0.5) is 16.2 Å². The molecule has 0 spiro atoms.